The SMILES string of the molecule is CC1(OCC(=O)O)CN(C(=O)NC2C(C)(C)C2(C)C)C1. The third-order valence-electron chi connectivity index (χ3n) is 5.17. The number of carbonyl (C=O) groups excluding carboxylic acids is 1. The summed E-state index contributed by atoms with van der Waals surface area (Å²) in [5.41, 5.74) is -0.322. The van der Waals surface area contributed by atoms with Crippen molar-refractivity contribution >= 4 is 12.0 Å². The van der Waals surface area contributed by atoms with E-state index in [1.807, 2.05) is 6.92 Å². The largest absolute Gasteiger partial charge is 0.480 e. The second-order valence-electron chi connectivity index (χ2n) is 7.31. The lowest BCUT2D eigenvalue weighted by atomic mass is 9.97. The topological polar surface area (TPSA) is 78.9 Å². The Bertz CT molecular complexity index is 424. The van der Waals surface area contributed by atoms with Crippen LogP contribution in [0.1, 0.15) is 34.6 Å². The Kier molecular flexibility index (Phi) is 3.28. The zero-order chi connectivity index (χ0) is 15.3. The van der Waals surface area contributed by atoms with Crippen LogP contribution < -0.4 is 5.32 Å². The molecule has 0 radical (unpaired) electrons. The van der Waals surface area contributed by atoms with Gasteiger partial charge < -0.3 is 20.1 Å². The van der Waals surface area contributed by atoms with Crippen molar-refractivity contribution in [3.8, 4) is 0 Å². The molecule has 0 aromatic heterocycles. The quantitative estimate of drug-likeness (QED) is 0.815. The highest BCUT2D eigenvalue weighted by atomic mass is 16.5. The average molecular weight is 284 g/mol. The number of hydrogen-bond acceptors (Lipinski definition) is 3. The van der Waals surface area contributed by atoms with E-state index < -0.39 is 11.6 Å². The zero-order valence-corrected chi connectivity index (χ0v) is 12.8. The zero-order valence-electron chi connectivity index (χ0n) is 12.8. The first-order chi connectivity index (χ1) is 8.99. The van der Waals surface area contributed by atoms with Crippen LogP contribution in [0.2, 0.25) is 0 Å². The van der Waals surface area contributed by atoms with Gasteiger partial charge in [0.25, 0.3) is 0 Å². The fourth-order valence-electron chi connectivity index (χ4n) is 3.00. The predicted molar refractivity (Wildman–Crippen MR) is 73.4 cm³/mol. The Hall–Kier alpha value is -1.30. The second-order valence-corrected chi connectivity index (χ2v) is 7.31. The van der Waals surface area contributed by atoms with Crippen LogP contribution in [0.25, 0.3) is 0 Å². The predicted octanol–water partition coefficient (Wildman–Crippen LogP) is 1.31. The van der Waals surface area contributed by atoms with Crippen molar-refractivity contribution < 1.29 is 19.4 Å². The van der Waals surface area contributed by atoms with Gasteiger partial charge in [0.2, 0.25) is 0 Å². The monoisotopic (exact) mass is 284 g/mol. The van der Waals surface area contributed by atoms with E-state index in [9.17, 15) is 9.59 Å². The van der Waals surface area contributed by atoms with Crippen LogP contribution >= 0.6 is 0 Å². The number of nitrogens with zero attached hydrogens (tertiary/aromatic N) is 1. The molecule has 1 heterocycles. The highest BCUT2D eigenvalue weighted by Crippen LogP contribution is 2.62. The maximum absolute atomic E-state index is 12.1. The first-order valence-corrected chi connectivity index (χ1v) is 6.91. The van der Waals surface area contributed by atoms with Gasteiger partial charge in [0.05, 0.1) is 13.1 Å². The van der Waals surface area contributed by atoms with E-state index in [2.05, 4.69) is 33.0 Å². The number of amides is 2. The van der Waals surface area contributed by atoms with Crippen molar-refractivity contribution in [1.29, 1.82) is 0 Å². The Labute approximate surface area is 119 Å². The molecule has 2 N–H and O–H groups in total. The first-order valence-electron chi connectivity index (χ1n) is 6.91. The number of urea groups is 1. The highest BCUT2D eigenvalue weighted by Gasteiger charge is 2.65. The Morgan fingerprint density at radius 2 is 1.70 bits per heavy atom. The molecular formula is C14H24N2O4. The molecule has 0 unspecified atom stereocenters. The average Bonchev–Trinajstić information content (AvgIpc) is 2.65. The van der Waals surface area contributed by atoms with Crippen molar-refractivity contribution in [2.24, 2.45) is 10.8 Å². The van der Waals surface area contributed by atoms with Gasteiger partial charge in [-0.1, -0.05) is 27.7 Å². The van der Waals surface area contributed by atoms with Crippen LogP contribution in [-0.4, -0.2) is 53.3 Å². The molecule has 2 fully saturated rings. The summed E-state index contributed by atoms with van der Waals surface area (Å²) in [5, 5.41) is 11.7. The van der Waals surface area contributed by atoms with E-state index >= 15 is 0 Å². The van der Waals surface area contributed by atoms with E-state index in [0.717, 1.165) is 0 Å². The van der Waals surface area contributed by atoms with Gasteiger partial charge in [-0.3, -0.25) is 0 Å². The molecule has 1 aliphatic carbocycles. The van der Waals surface area contributed by atoms with Gasteiger partial charge in [0.1, 0.15) is 12.2 Å². The van der Waals surface area contributed by atoms with Crippen LogP contribution in [0.3, 0.4) is 0 Å². The number of carboxylic acid groups (broad SMARTS) is 1. The molecule has 6 heteroatoms. The van der Waals surface area contributed by atoms with Gasteiger partial charge in [0.15, 0.2) is 0 Å². The first kappa shape index (κ1) is 15.1. The Morgan fingerprint density at radius 1 is 1.20 bits per heavy atom. The number of likely N-dealkylation sites (tertiary alicyclic amines) is 1. The molecule has 0 aromatic carbocycles. The van der Waals surface area contributed by atoms with E-state index in [-0.39, 0.29) is 29.5 Å². The lowest BCUT2D eigenvalue weighted by Crippen LogP contribution is -2.65. The molecule has 0 atom stereocenters. The molecule has 2 amide bonds. The summed E-state index contributed by atoms with van der Waals surface area (Å²) < 4.78 is 5.29. The minimum Gasteiger partial charge on any atom is -0.480 e. The summed E-state index contributed by atoms with van der Waals surface area (Å²) in [6.45, 7) is 10.9. The number of hydrogen-bond donors (Lipinski definition) is 2. The summed E-state index contributed by atoms with van der Waals surface area (Å²) in [6, 6.07) is 0.0827. The number of nitrogens with one attached hydrogen (secondary N) is 1. The summed E-state index contributed by atoms with van der Waals surface area (Å²) >= 11 is 0. The van der Waals surface area contributed by atoms with Crippen molar-refractivity contribution in [3.05, 3.63) is 0 Å². The van der Waals surface area contributed by atoms with Crippen LogP contribution in [0.15, 0.2) is 0 Å². The molecule has 1 saturated carbocycles. The van der Waals surface area contributed by atoms with Gasteiger partial charge in [-0.2, -0.15) is 0 Å². The Balaban J connectivity index is 1.79. The Morgan fingerprint density at radius 3 is 2.10 bits per heavy atom. The summed E-state index contributed by atoms with van der Waals surface area (Å²) in [6.07, 6.45) is 0. The van der Waals surface area contributed by atoms with Crippen LogP contribution in [0.5, 0.6) is 0 Å². The molecule has 20 heavy (non-hydrogen) atoms. The molecule has 114 valence electrons. The number of carbonyl (C=O) groups is 2. The van der Waals surface area contributed by atoms with Gasteiger partial charge in [-0.05, 0) is 17.8 Å². The molecule has 0 bridgehead atoms. The van der Waals surface area contributed by atoms with Gasteiger partial charge in [-0.15, -0.1) is 0 Å². The second kappa shape index (κ2) is 4.35. The van der Waals surface area contributed by atoms with Crippen LogP contribution in [0, 0.1) is 10.8 Å². The summed E-state index contributed by atoms with van der Waals surface area (Å²) in [4.78, 5) is 24.3. The molecule has 0 spiro atoms. The minimum atomic E-state index is -0.990. The molecule has 6 nitrogen and oxygen atoms in total. The van der Waals surface area contributed by atoms with E-state index in [0.29, 0.717) is 13.1 Å². The van der Waals surface area contributed by atoms with Crippen LogP contribution in [-0.2, 0) is 9.53 Å². The van der Waals surface area contributed by atoms with Crippen LogP contribution in [0.4, 0.5) is 4.79 Å². The summed E-state index contributed by atoms with van der Waals surface area (Å²) in [7, 11) is 0. The highest BCUT2D eigenvalue weighted by molar-refractivity contribution is 5.76. The standard InChI is InChI=1S/C14H24N2O4/c1-12(2)10(13(12,3)4)15-11(19)16-7-14(5,8-16)20-6-9(17)18/h10H,6-8H2,1-5H3,(H,15,19)(H,17,18). The summed E-state index contributed by atoms with van der Waals surface area (Å²) in [5.74, 6) is -0.990. The van der Waals surface area contributed by atoms with Gasteiger partial charge in [0, 0.05) is 6.04 Å². The lowest BCUT2D eigenvalue weighted by Gasteiger charge is -2.47. The molecule has 2 aliphatic rings. The number of carboxylic acids is 1. The number of ether oxygens (including phenoxy) is 1. The van der Waals surface area contributed by atoms with Crippen molar-refractivity contribution in [2.75, 3.05) is 19.7 Å². The van der Waals surface area contributed by atoms with E-state index in [1.165, 1.54) is 0 Å². The van der Waals surface area contributed by atoms with E-state index in [1.54, 1.807) is 4.90 Å². The van der Waals surface area contributed by atoms with E-state index in [4.69, 9.17) is 9.84 Å². The molecular weight excluding hydrogens is 260 g/mol. The normalized spacial score (nSPS) is 25.8. The molecule has 1 aliphatic heterocycles. The smallest absolute Gasteiger partial charge is 0.329 e. The number of aliphatic carboxylic acids is 1. The van der Waals surface area contributed by atoms with Crippen molar-refractivity contribution in [3.63, 3.8) is 0 Å². The third-order valence-corrected chi connectivity index (χ3v) is 5.17. The molecule has 0 aromatic rings. The fraction of sp³-hybridized carbons (Fsp3) is 0.857. The fourth-order valence-corrected chi connectivity index (χ4v) is 3.00. The number of rotatable bonds is 4. The maximum atomic E-state index is 12.1. The van der Waals surface area contributed by atoms with Crippen molar-refractivity contribution in [2.45, 2.75) is 46.3 Å². The third kappa shape index (κ3) is 2.37. The molecule has 1 saturated heterocycles. The van der Waals surface area contributed by atoms with Gasteiger partial charge in [-0.25, -0.2) is 9.59 Å². The van der Waals surface area contributed by atoms with Gasteiger partial charge >= 0.3 is 12.0 Å². The lowest BCUT2D eigenvalue weighted by molar-refractivity contribution is -0.159. The molecule has 2 rings (SSSR count). The minimum absolute atomic E-state index is 0.0925. The maximum Gasteiger partial charge on any atom is 0.329 e. The van der Waals surface area contributed by atoms with Crippen molar-refractivity contribution in [1.82, 2.24) is 10.2 Å².